The summed E-state index contributed by atoms with van der Waals surface area (Å²) in [7, 11) is 0. The quantitative estimate of drug-likeness (QED) is 0.256. The molecule has 3 aromatic heterocycles. The third-order valence-electron chi connectivity index (χ3n) is 5.39. The van der Waals surface area contributed by atoms with Crippen LogP contribution < -0.4 is 0 Å². The Bertz CT molecular complexity index is 1240. The Kier molecular flexibility index (Phi) is 5.70. The molecule has 1 atom stereocenters. The molecule has 9 heteroatoms. The van der Waals surface area contributed by atoms with Crippen molar-refractivity contribution in [1.29, 1.82) is 0 Å². The van der Waals surface area contributed by atoms with E-state index >= 15 is 0 Å². The molecule has 4 heterocycles. The van der Waals surface area contributed by atoms with E-state index < -0.39 is 0 Å². The van der Waals surface area contributed by atoms with Crippen LogP contribution in [0.3, 0.4) is 0 Å². The number of fused-ring (bicyclic) bond motifs is 5. The van der Waals surface area contributed by atoms with E-state index in [0.29, 0.717) is 12.5 Å². The van der Waals surface area contributed by atoms with E-state index in [-0.39, 0.29) is 6.10 Å². The van der Waals surface area contributed by atoms with E-state index in [9.17, 15) is 0 Å². The third-order valence-corrected chi connectivity index (χ3v) is 8.48. The second kappa shape index (κ2) is 8.31. The van der Waals surface area contributed by atoms with Crippen LogP contribution >= 0.6 is 46.5 Å². The maximum atomic E-state index is 6.34. The van der Waals surface area contributed by atoms with Crippen LogP contribution in [0.25, 0.3) is 15.9 Å². The molecule has 5 nitrogen and oxygen atoms in total. The lowest BCUT2D eigenvalue weighted by Gasteiger charge is -2.26. The van der Waals surface area contributed by atoms with E-state index in [1.165, 1.54) is 10.4 Å². The topological polar surface area (TPSA) is 52.3 Å². The van der Waals surface area contributed by atoms with Crippen molar-refractivity contribution in [3.8, 4) is 0 Å². The zero-order chi connectivity index (χ0) is 20.8. The molecule has 1 aliphatic heterocycles. The molecule has 0 spiro atoms. The second-order valence-electron chi connectivity index (χ2n) is 7.60. The number of ether oxygens (including phenoxy) is 1. The van der Waals surface area contributed by atoms with Gasteiger partial charge in [0.05, 0.1) is 18.1 Å². The largest absolute Gasteiger partial charge is 0.372 e. The fraction of sp³-hybridized carbons (Fsp3) is 0.381. The maximum Gasteiger partial charge on any atom is 0.198 e. The molecule has 0 aliphatic carbocycles. The van der Waals surface area contributed by atoms with Crippen molar-refractivity contribution >= 4 is 62.3 Å². The Morgan fingerprint density at radius 3 is 2.87 bits per heavy atom. The first kappa shape index (κ1) is 20.6. The predicted octanol–water partition coefficient (Wildman–Crippen LogP) is 6.10. The second-order valence-corrected chi connectivity index (χ2v) is 10.8. The summed E-state index contributed by atoms with van der Waals surface area (Å²) in [5, 5.41) is 12.8. The molecule has 1 aliphatic rings. The lowest BCUT2D eigenvalue weighted by molar-refractivity contribution is 0.00203. The summed E-state index contributed by atoms with van der Waals surface area (Å²) in [6.45, 7) is 5.08. The van der Waals surface area contributed by atoms with Gasteiger partial charge < -0.3 is 4.74 Å². The molecule has 0 bridgehead atoms. The molecule has 0 unspecified atom stereocenters. The van der Waals surface area contributed by atoms with Crippen molar-refractivity contribution < 1.29 is 4.74 Å². The molecule has 30 heavy (non-hydrogen) atoms. The molecular weight excluding hydrogens is 456 g/mol. The number of aromatic nitrogens is 4. The van der Waals surface area contributed by atoms with Crippen molar-refractivity contribution in [2.24, 2.45) is 5.92 Å². The molecular formula is C21H21ClN4OS3. The van der Waals surface area contributed by atoms with E-state index in [1.807, 2.05) is 30.5 Å². The van der Waals surface area contributed by atoms with Crippen LogP contribution in [0.1, 0.15) is 29.9 Å². The SMILES string of the molecule is CSc1nc2sc3c(c2c2nnc(SCc4ccccc4Cl)n12)C[C@H](C(C)C)OC3. The molecule has 0 N–H and O–H groups in total. The van der Waals surface area contributed by atoms with E-state index in [2.05, 4.69) is 28.4 Å². The molecule has 0 fully saturated rings. The van der Waals surface area contributed by atoms with Crippen LogP contribution in [0.5, 0.6) is 0 Å². The first-order valence-corrected chi connectivity index (χ1v) is 13.2. The van der Waals surface area contributed by atoms with Gasteiger partial charge in [-0.3, -0.25) is 0 Å². The highest BCUT2D eigenvalue weighted by atomic mass is 35.5. The summed E-state index contributed by atoms with van der Waals surface area (Å²) in [6.07, 6.45) is 3.17. The van der Waals surface area contributed by atoms with Crippen molar-refractivity contribution in [3.63, 3.8) is 0 Å². The lowest BCUT2D eigenvalue weighted by atomic mass is 9.96. The third kappa shape index (κ3) is 3.52. The molecule has 0 saturated heterocycles. The van der Waals surface area contributed by atoms with Gasteiger partial charge in [0.25, 0.3) is 0 Å². The van der Waals surface area contributed by atoms with E-state index in [0.717, 1.165) is 48.9 Å². The highest BCUT2D eigenvalue weighted by molar-refractivity contribution is 7.99. The van der Waals surface area contributed by atoms with Gasteiger partial charge in [-0.25, -0.2) is 9.38 Å². The van der Waals surface area contributed by atoms with Crippen LogP contribution in [0, 0.1) is 5.92 Å². The number of hydrogen-bond acceptors (Lipinski definition) is 7. The molecule has 0 saturated carbocycles. The maximum absolute atomic E-state index is 6.34. The zero-order valence-electron chi connectivity index (χ0n) is 16.9. The number of nitrogens with zero attached hydrogens (tertiary/aromatic N) is 4. The summed E-state index contributed by atoms with van der Waals surface area (Å²) >= 11 is 11.3. The van der Waals surface area contributed by atoms with Crippen LogP contribution in [0.2, 0.25) is 5.02 Å². The fourth-order valence-corrected chi connectivity index (χ4v) is 6.73. The normalized spacial score (nSPS) is 16.6. The lowest BCUT2D eigenvalue weighted by Crippen LogP contribution is -2.26. The Morgan fingerprint density at radius 2 is 2.10 bits per heavy atom. The van der Waals surface area contributed by atoms with Gasteiger partial charge in [-0.2, -0.15) is 0 Å². The Morgan fingerprint density at radius 1 is 1.27 bits per heavy atom. The molecule has 0 amide bonds. The fourth-order valence-electron chi connectivity index (χ4n) is 3.74. The average Bonchev–Trinajstić information content (AvgIpc) is 3.32. The summed E-state index contributed by atoms with van der Waals surface area (Å²) < 4.78 is 8.18. The summed E-state index contributed by atoms with van der Waals surface area (Å²) in [4.78, 5) is 7.27. The summed E-state index contributed by atoms with van der Waals surface area (Å²) in [6, 6.07) is 7.92. The molecule has 1 aromatic carbocycles. The molecule has 5 rings (SSSR count). The standard InChI is InChI=1S/C21H21ClN4OS3/c1-11(2)15-8-13-16(9-27-15)30-19-17(13)18-24-25-21(26(18)20(23-19)28-3)29-10-12-6-4-5-7-14(12)22/h4-7,11,15H,8-10H2,1-3H3/t15-/m1/s1. The van der Waals surface area contributed by atoms with E-state index in [4.69, 9.17) is 21.3 Å². The van der Waals surface area contributed by atoms with Crippen molar-refractivity contribution in [3.05, 3.63) is 45.3 Å². The minimum absolute atomic E-state index is 0.229. The minimum atomic E-state index is 0.229. The van der Waals surface area contributed by atoms with Gasteiger partial charge >= 0.3 is 0 Å². The number of benzene rings is 1. The van der Waals surface area contributed by atoms with E-state index in [1.54, 1.807) is 34.9 Å². The smallest absolute Gasteiger partial charge is 0.198 e. The number of halogens is 1. The average molecular weight is 477 g/mol. The Hall–Kier alpha value is -1.32. The zero-order valence-corrected chi connectivity index (χ0v) is 20.1. The summed E-state index contributed by atoms with van der Waals surface area (Å²) in [5.41, 5.74) is 3.32. The van der Waals surface area contributed by atoms with Gasteiger partial charge in [-0.1, -0.05) is 67.2 Å². The number of thioether (sulfide) groups is 2. The summed E-state index contributed by atoms with van der Waals surface area (Å²) in [5.74, 6) is 1.21. The first-order chi connectivity index (χ1) is 14.6. The van der Waals surface area contributed by atoms with Crippen molar-refractivity contribution in [1.82, 2.24) is 19.6 Å². The van der Waals surface area contributed by atoms with Crippen molar-refractivity contribution in [2.75, 3.05) is 6.26 Å². The molecule has 0 radical (unpaired) electrons. The van der Waals surface area contributed by atoms with Gasteiger partial charge in [-0.15, -0.1) is 21.5 Å². The van der Waals surface area contributed by atoms with Gasteiger partial charge in [0.2, 0.25) is 0 Å². The highest BCUT2D eigenvalue weighted by Gasteiger charge is 2.29. The number of hydrogen-bond donors (Lipinski definition) is 0. The van der Waals surface area contributed by atoms with Crippen LogP contribution in [0.15, 0.2) is 34.6 Å². The van der Waals surface area contributed by atoms with Crippen LogP contribution in [0.4, 0.5) is 0 Å². The first-order valence-electron chi connectivity index (χ1n) is 9.78. The molecule has 4 aromatic rings. The Labute approximate surface area is 192 Å². The molecule has 156 valence electrons. The van der Waals surface area contributed by atoms with Crippen molar-refractivity contribution in [2.45, 2.75) is 49.0 Å². The number of rotatable bonds is 5. The highest BCUT2D eigenvalue weighted by Crippen LogP contribution is 2.40. The van der Waals surface area contributed by atoms with Crippen LogP contribution in [-0.2, 0) is 23.5 Å². The number of thiophene rings is 1. The van der Waals surface area contributed by atoms with Gasteiger partial charge in [0.15, 0.2) is 16.0 Å². The van der Waals surface area contributed by atoms with Gasteiger partial charge in [0.1, 0.15) is 4.83 Å². The monoisotopic (exact) mass is 476 g/mol. The van der Waals surface area contributed by atoms with Gasteiger partial charge in [0, 0.05) is 22.1 Å². The van der Waals surface area contributed by atoms with Crippen LogP contribution in [-0.4, -0.2) is 31.9 Å². The predicted molar refractivity (Wildman–Crippen MR) is 126 cm³/mol. The van der Waals surface area contributed by atoms with Gasteiger partial charge in [-0.05, 0) is 29.4 Å². The minimum Gasteiger partial charge on any atom is -0.372 e. The Balaban J connectivity index is 1.60.